The molecule has 0 unspecified atom stereocenters. The van der Waals surface area contributed by atoms with Gasteiger partial charge in [0.25, 0.3) is 0 Å². The largest absolute Gasteiger partial charge is 0.478 e. The molecule has 0 radical (unpaired) electrons. The molecule has 0 amide bonds. The molecule has 0 bridgehead atoms. The number of carbonyl (C=O) groups is 1. The summed E-state index contributed by atoms with van der Waals surface area (Å²) >= 11 is 9.15. The molecule has 0 aliphatic heterocycles. The fourth-order valence-corrected chi connectivity index (χ4v) is 2.10. The number of aromatic nitrogens is 1. The van der Waals surface area contributed by atoms with Crippen LogP contribution in [0.25, 0.3) is 0 Å². The van der Waals surface area contributed by atoms with Gasteiger partial charge in [0, 0.05) is 27.3 Å². The number of aromatic carboxylic acids is 1. The number of ether oxygens (including phenoxy) is 1. The van der Waals surface area contributed by atoms with Gasteiger partial charge in [-0.2, -0.15) is 0 Å². The molecule has 19 heavy (non-hydrogen) atoms. The molecule has 0 aliphatic carbocycles. The summed E-state index contributed by atoms with van der Waals surface area (Å²) in [6, 6.07) is 6.18. The maximum absolute atomic E-state index is 11.1. The highest BCUT2D eigenvalue weighted by molar-refractivity contribution is 9.10. The van der Waals surface area contributed by atoms with Crippen molar-refractivity contribution in [1.29, 1.82) is 0 Å². The van der Waals surface area contributed by atoms with Crippen molar-refractivity contribution in [1.82, 2.24) is 4.98 Å². The molecule has 1 heterocycles. The summed E-state index contributed by atoms with van der Waals surface area (Å²) in [5.74, 6) is -0.577. The summed E-state index contributed by atoms with van der Waals surface area (Å²) in [6.07, 6.45) is 1.58. The van der Waals surface area contributed by atoms with E-state index in [0.29, 0.717) is 10.9 Å². The molecule has 1 aromatic heterocycles. The van der Waals surface area contributed by atoms with Crippen LogP contribution in [-0.2, 0) is 0 Å². The van der Waals surface area contributed by atoms with Gasteiger partial charge in [-0.05, 0) is 41.1 Å². The van der Waals surface area contributed by atoms with E-state index in [9.17, 15) is 4.79 Å². The second kappa shape index (κ2) is 5.59. The van der Waals surface area contributed by atoms with Crippen LogP contribution in [0.5, 0.6) is 11.6 Å². The molecule has 0 atom stereocenters. The molecule has 0 spiro atoms. The normalized spacial score (nSPS) is 10.3. The van der Waals surface area contributed by atoms with Gasteiger partial charge in [-0.3, -0.25) is 0 Å². The lowest BCUT2D eigenvalue weighted by Gasteiger charge is -2.10. The van der Waals surface area contributed by atoms with E-state index in [-0.39, 0.29) is 11.3 Å². The summed E-state index contributed by atoms with van der Waals surface area (Å²) in [6.45, 7) is 1.82. The monoisotopic (exact) mass is 341 g/mol. The van der Waals surface area contributed by atoms with Crippen molar-refractivity contribution in [2.45, 2.75) is 6.92 Å². The van der Waals surface area contributed by atoms with Crippen LogP contribution in [0.4, 0.5) is 0 Å². The van der Waals surface area contributed by atoms with Crippen molar-refractivity contribution in [2.75, 3.05) is 0 Å². The first-order valence-corrected chi connectivity index (χ1v) is 6.47. The van der Waals surface area contributed by atoms with E-state index in [4.69, 9.17) is 21.4 Å². The molecule has 2 aromatic rings. The zero-order chi connectivity index (χ0) is 14.0. The van der Waals surface area contributed by atoms with Crippen LogP contribution in [0.2, 0.25) is 5.02 Å². The molecule has 1 N–H and O–H groups in total. The van der Waals surface area contributed by atoms with E-state index >= 15 is 0 Å². The van der Waals surface area contributed by atoms with E-state index in [1.807, 2.05) is 13.0 Å². The molecular weight excluding hydrogens is 334 g/mol. The smallest absolute Gasteiger partial charge is 0.339 e. The van der Waals surface area contributed by atoms with Gasteiger partial charge in [0.05, 0.1) is 0 Å². The molecule has 0 fully saturated rings. The molecular formula is C13H9BrClNO3. The Morgan fingerprint density at radius 3 is 2.79 bits per heavy atom. The number of benzene rings is 1. The van der Waals surface area contributed by atoms with E-state index in [2.05, 4.69) is 20.9 Å². The summed E-state index contributed by atoms with van der Waals surface area (Å²) in [5, 5.41) is 9.49. The van der Waals surface area contributed by atoms with Crippen molar-refractivity contribution in [3.63, 3.8) is 0 Å². The van der Waals surface area contributed by atoms with E-state index in [0.717, 1.165) is 10.0 Å². The zero-order valence-electron chi connectivity index (χ0n) is 9.85. The van der Waals surface area contributed by atoms with E-state index < -0.39 is 5.97 Å². The fraction of sp³-hybridized carbons (Fsp3) is 0.0769. The lowest BCUT2D eigenvalue weighted by molar-refractivity contribution is 0.0694. The quantitative estimate of drug-likeness (QED) is 0.903. The molecule has 0 saturated carbocycles. The highest BCUT2D eigenvalue weighted by atomic mass is 79.9. The Labute approximate surface area is 123 Å². The fourth-order valence-electron chi connectivity index (χ4n) is 1.50. The number of carboxylic acids is 1. The maximum Gasteiger partial charge on any atom is 0.339 e. The Kier molecular flexibility index (Phi) is 4.07. The van der Waals surface area contributed by atoms with Crippen molar-refractivity contribution >= 4 is 33.5 Å². The average molecular weight is 343 g/mol. The van der Waals surface area contributed by atoms with Gasteiger partial charge in [0.2, 0.25) is 5.88 Å². The summed E-state index contributed by atoms with van der Waals surface area (Å²) in [4.78, 5) is 15.2. The average Bonchev–Trinajstić information content (AvgIpc) is 2.32. The zero-order valence-corrected chi connectivity index (χ0v) is 12.2. The Balaban J connectivity index is 2.42. The van der Waals surface area contributed by atoms with Gasteiger partial charge >= 0.3 is 5.97 Å². The summed E-state index contributed by atoms with van der Waals surface area (Å²) in [5.41, 5.74) is 0.819. The molecule has 6 heteroatoms. The SMILES string of the molecule is Cc1cc(Br)cnc1Oc1cc(Cl)ccc1C(=O)O. The molecule has 1 aromatic carbocycles. The van der Waals surface area contributed by atoms with Gasteiger partial charge in [0.15, 0.2) is 0 Å². The topological polar surface area (TPSA) is 59.4 Å². The van der Waals surface area contributed by atoms with E-state index in [1.54, 1.807) is 6.20 Å². The van der Waals surface area contributed by atoms with Crippen LogP contribution in [-0.4, -0.2) is 16.1 Å². The predicted octanol–water partition coefficient (Wildman–Crippen LogP) is 4.30. The van der Waals surface area contributed by atoms with Gasteiger partial charge in [-0.25, -0.2) is 9.78 Å². The standard InChI is InChI=1S/C13H9BrClNO3/c1-7-4-8(14)6-16-12(7)19-11-5-9(15)2-3-10(11)13(17)18/h2-6H,1H3,(H,17,18). The molecule has 4 nitrogen and oxygen atoms in total. The van der Waals surface area contributed by atoms with Crippen LogP contribution in [0, 0.1) is 6.92 Å². The Bertz CT molecular complexity index is 646. The van der Waals surface area contributed by atoms with Gasteiger partial charge in [0.1, 0.15) is 11.3 Å². The third-order valence-corrected chi connectivity index (χ3v) is 3.05. The van der Waals surface area contributed by atoms with Crippen molar-refractivity contribution in [2.24, 2.45) is 0 Å². The Morgan fingerprint density at radius 2 is 2.16 bits per heavy atom. The first-order chi connectivity index (χ1) is 8.97. The Morgan fingerprint density at radius 1 is 1.42 bits per heavy atom. The number of pyridine rings is 1. The van der Waals surface area contributed by atoms with Crippen molar-refractivity contribution in [3.05, 3.63) is 51.1 Å². The van der Waals surface area contributed by atoms with Gasteiger partial charge in [-0.15, -0.1) is 0 Å². The Hall–Kier alpha value is -1.59. The van der Waals surface area contributed by atoms with Crippen LogP contribution in [0.1, 0.15) is 15.9 Å². The summed E-state index contributed by atoms with van der Waals surface area (Å²) < 4.78 is 6.36. The molecule has 0 saturated heterocycles. The number of rotatable bonds is 3. The third kappa shape index (κ3) is 3.24. The minimum Gasteiger partial charge on any atom is -0.478 e. The summed E-state index contributed by atoms with van der Waals surface area (Å²) in [7, 11) is 0. The first-order valence-electron chi connectivity index (χ1n) is 5.30. The lowest BCUT2D eigenvalue weighted by Crippen LogP contribution is -2.01. The van der Waals surface area contributed by atoms with E-state index in [1.165, 1.54) is 18.2 Å². The van der Waals surface area contributed by atoms with Crippen LogP contribution < -0.4 is 4.74 Å². The predicted molar refractivity (Wildman–Crippen MR) is 75.2 cm³/mol. The second-order valence-corrected chi connectivity index (χ2v) is 5.18. The van der Waals surface area contributed by atoms with Gasteiger partial charge in [-0.1, -0.05) is 11.6 Å². The minimum absolute atomic E-state index is 0.0357. The highest BCUT2D eigenvalue weighted by Crippen LogP contribution is 2.30. The molecule has 0 aliphatic rings. The number of hydrogen-bond acceptors (Lipinski definition) is 3. The van der Waals surface area contributed by atoms with Gasteiger partial charge < -0.3 is 9.84 Å². The number of aryl methyl sites for hydroxylation is 1. The van der Waals surface area contributed by atoms with Crippen LogP contribution >= 0.6 is 27.5 Å². The lowest BCUT2D eigenvalue weighted by atomic mass is 10.2. The maximum atomic E-state index is 11.1. The third-order valence-electron chi connectivity index (χ3n) is 2.38. The number of carboxylic acid groups (broad SMARTS) is 1. The van der Waals surface area contributed by atoms with Crippen LogP contribution in [0.3, 0.4) is 0 Å². The second-order valence-electron chi connectivity index (χ2n) is 3.82. The van der Waals surface area contributed by atoms with Crippen molar-refractivity contribution < 1.29 is 14.6 Å². The number of hydrogen-bond donors (Lipinski definition) is 1. The van der Waals surface area contributed by atoms with Crippen LogP contribution in [0.15, 0.2) is 34.9 Å². The minimum atomic E-state index is -1.08. The number of nitrogens with zero attached hydrogens (tertiary/aromatic N) is 1. The first kappa shape index (κ1) is 13.8. The number of halogens is 2. The molecule has 98 valence electrons. The van der Waals surface area contributed by atoms with Crippen molar-refractivity contribution in [3.8, 4) is 11.6 Å². The highest BCUT2D eigenvalue weighted by Gasteiger charge is 2.14. The molecule has 2 rings (SSSR count).